The van der Waals surface area contributed by atoms with E-state index in [1.807, 2.05) is 132 Å². The average molecular weight is 1090 g/mol. The Kier molecular flexibility index (Phi) is 19.3. The van der Waals surface area contributed by atoms with Crippen LogP contribution in [0, 0.1) is 0 Å². The summed E-state index contributed by atoms with van der Waals surface area (Å²) in [6.07, 6.45) is -23.8. The summed E-state index contributed by atoms with van der Waals surface area (Å²) in [7, 11) is 0. The van der Waals surface area contributed by atoms with Gasteiger partial charge in [-0.1, -0.05) is 132 Å². The summed E-state index contributed by atoms with van der Waals surface area (Å²) in [6.45, 7) is 22.6. The van der Waals surface area contributed by atoms with E-state index in [0.717, 1.165) is 22.3 Å². The normalized spacial score (nSPS) is 14.2. The van der Waals surface area contributed by atoms with Gasteiger partial charge in [0.1, 0.15) is 23.0 Å². The number of hydrogen-bond donors (Lipinski definition) is 0. The van der Waals surface area contributed by atoms with Crippen LogP contribution in [0.4, 0.5) is 52.7 Å². The van der Waals surface area contributed by atoms with Gasteiger partial charge in [0.25, 0.3) is 0 Å². The second-order valence-corrected chi connectivity index (χ2v) is 24.5. The molecule has 0 saturated carbocycles. The van der Waals surface area contributed by atoms with Crippen molar-refractivity contribution >= 4 is 0 Å². The topological polar surface area (TPSA) is 36.9 Å². The van der Waals surface area contributed by atoms with Crippen LogP contribution in [0.15, 0.2) is 48.5 Å². The Morgan fingerprint density at radius 1 is 0.276 bits per heavy atom. The molecule has 5 rings (SSSR count). The fraction of sp³-hybridized carbons (Fsp3) is 0.600. The van der Waals surface area contributed by atoms with Gasteiger partial charge in [-0.15, -0.1) is 0 Å². The molecule has 76 heavy (non-hydrogen) atoms. The van der Waals surface area contributed by atoms with E-state index >= 15 is 0 Å². The molecule has 0 amide bonds. The predicted molar refractivity (Wildman–Crippen MR) is 275 cm³/mol. The van der Waals surface area contributed by atoms with Gasteiger partial charge in [0, 0.05) is 51.4 Å². The molecule has 0 aromatic heterocycles. The third-order valence-electron chi connectivity index (χ3n) is 13.4. The molecule has 0 radical (unpaired) electrons. The minimum atomic E-state index is -4.47. The minimum Gasteiger partial charge on any atom is -0.493 e. The van der Waals surface area contributed by atoms with Gasteiger partial charge in [0.15, 0.2) is 0 Å². The van der Waals surface area contributed by atoms with Crippen LogP contribution in [0.5, 0.6) is 23.0 Å². The van der Waals surface area contributed by atoms with Gasteiger partial charge in [-0.3, -0.25) is 0 Å². The number of rotatable bonds is 16. The highest BCUT2D eigenvalue weighted by molar-refractivity contribution is 5.60. The molecule has 0 spiro atoms. The Labute approximate surface area is 441 Å². The van der Waals surface area contributed by atoms with Gasteiger partial charge in [-0.25, -0.2) is 0 Å². The summed E-state index contributed by atoms with van der Waals surface area (Å²) in [4.78, 5) is 0. The molecule has 16 heteroatoms. The highest BCUT2D eigenvalue weighted by atomic mass is 19.4. The Balaban J connectivity index is 1.99. The number of fused-ring (bicyclic) bond motifs is 8. The molecule has 1 aliphatic rings. The molecule has 0 atom stereocenters. The van der Waals surface area contributed by atoms with Crippen LogP contribution in [0.25, 0.3) is 0 Å². The SMILES string of the molecule is CC(C)(C)c1cc2c(OCCCC(F)(F)F)c(c1)Cc1cc(C(C)(C)C)cc(c1OCCCC(F)(F)F)Cc1cc(C(C)(C)C)cc(c1OCCCC(F)(F)F)Cc1cc(C(C)(C)C)cc(c1OCCCC(F)(F)F)C2. The van der Waals surface area contributed by atoms with Crippen LogP contribution < -0.4 is 18.9 Å². The first-order valence-corrected chi connectivity index (χ1v) is 26.1. The highest BCUT2D eigenvalue weighted by Gasteiger charge is 2.33. The van der Waals surface area contributed by atoms with E-state index in [1.54, 1.807) is 0 Å². The fourth-order valence-corrected chi connectivity index (χ4v) is 9.15. The van der Waals surface area contributed by atoms with Crippen molar-refractivity contribution in [3.8, 4) is 23.0 Å². The Morgan fingerprint density at radius 2 is 0.421 bits per heavy atom. The van der Waals surface area contributed by atoms with Crippen molar-refractivity contribution in [3.63, 3.8) is 0 Å². The van der Waals surface area contributed by atoms with E-state index in [9.17, 15) is 52.7 Å². The van der Waals surface area contributed by atoms with E-state index in [1.165, 1.54) is 0 Å². The average Bonchev–Trinajstić information content (AvgIpc) is 3.23. The standard InChI is InChI=1S/C60H76F12O4/c1-53(2,3)45-29-37-25-39-31-46(54(4,5)6)33-41(50(39)74-22-14-18-58(64,65)66)27-43-35-48(56(10,11)12)36-44(52(43)76-24-16-20-60(70,71)72)28-42-34-47(55(7,8)9)32-40(51(42)75-23-15-19-59(67,68)69)26-38(30-45)49(37)73-21-13-17-57(61,62)63/h29-36H,13-28H2,1-12H3. The summed E-state index contributed by atoms with van der Waals surface area (Å²) in [6, 6.07) is 15.3. The Morgan fingerprint density at radius 3 is 0.539 bits per heavy atom. The van der Waals surface area contributed by atoms with Gasteiger partial charge in [-0.05, 0) is 114 Å². The molecule has 1 aliphatic carbocycles. The molecule has 0 fully saturated rings. The monoisotopic (exact) mass is 1090 g/mol. The van der Waals surface area contributed by atoms with Crippen molar-refractivity contribution in [1.29, 1.82) is 0 Å². The van der Waals surface area contributed by atoms with Crippen LogP contribution in [-0.2, 0) is 47.3 Å². The first-order valence-electron chi connectivity index (χ1n) is 26.1. The van der Waals surface area contributed by atoms with Crippen molar-refractivity contribution < 1.29 is 71.6 Å². The second kappa shape index (κ2) is 23.7. The largest absolute Gasteiger partial charge is 0.493 e. The van der Waals surface area contributed by atoms with Crippen LogP contribution >= 0.6 is 0 Å². The molecule has 4 aromatic carbocycles. The van der Waals surface area contributed by atoms with E-state index in [-0.39, 0.29) is 101 Å². The van der Waals surface area contributed by atoms with Gasteiger partial charge in [0.2, 0.25) is 0 Å². The lowest BCUT2D eigenvalue weighted by molar-refractivity contribution is -0.137. The van der Waals surface area contributed by atoms with Gasteiger partial charge >= 0.3 is 24.7 Å². The summed E-state index contributed by atoms with van der Waals surface area (Å²) >= 11 is 0. The molecule has 424 valence electrons. The molecule has 0 N–H and O–H groups in total. The molecule has 0 aliphatic heterocycles. The molecule has 0 heterocycles. The molecule has 4 nitrogen and oxygen atoms in total. The summed E-state index contributed by atoms with van der Waals surface area (Å²) in [5.41, 5.74) is 5.50. The lowest BCUT2D eigenvalue weighted by Crippen LogP contribution is -2.18. The smallest absolute Gasteiger partial charge is 0.389 e. The molecular formula is C60H76F12O4. The number of ether oxygens (including phenoxy) is 4. The number of benzene rings is 4. The van der Waals surface area contributed by atoms with Crippen molar-refractivity contribution in [2.24, 2.45) is 0 Å². The number of alkyl halides is 12. The highest BCUT2D eigenvalue weighted by Crippen LogP contribution is 2.45. The zero-order valence-corrected chi connectivity index (χ0v) is 46.1. The van der Waals surface area contributed by atoms with E-state index in [4.69, 9.17) is 18.9 Å². The third-order valence-corrected chi connectivity index (χ3v) is 13.4. The van der Waals surface area contributed by atoms with Crippen LogP contribution in [0.2, 0.25) is 0 Å². The number of halogens is 12. The summed E-state index contributed by atoms with van der Waals surface area (Å²) < 4.78 is 190. The van der Waals surface area contributed by atoms with Crippen LogP contribution in [0.1, 0.15) is 201 Å². The molecule has 0 saturated heterocycles. The fourth-order valence-electron chi connectivity index (χ4n) is 9.15. The Bertz CT molecular complexity index is 2140. The quantitative estimate of drug-likeness (QED) is 0.0729. The molecule has 4 aromatic rings. The maximum Gasteiger partial charge on any atom is 0.389 e. The van der Waals surface area contributed by atoms with Crippen molar-refractivity contribution in [2.75, 3.05) is 26.4 Å². The van der Waals surface area contributed by atoms with Crippen molar-refractivity contribution in [3.05, 3.63) is 115 Å². The van der Waals surface area contributed by atoms with Crippen LogP contribution in [-0.4, -0.2) is 51.1 Å². The van der Waals surface area contributed by atoms with Crippen molar-refractivity contribution in [1.82, 2.24) is 0 Å². The molecular weight excluding hydrogens is 1010 g/mol. The molecule has 8 bridgehead atoms. The maximum absolute atomic E-state index is 13.7. The summed E-state index contributed by atoms with van der Waals surface area (Å²) in [5, 5.41) is 0. The van der Waals surface area contributed by atoms with Crippen molar-refractivity contribution in [2.45, 2.75) is 206 Å². The zero-order valence-electron chi connectivity index (χ0n) is 46.1. The lowest BCUT2D eigenvalue weighted by Gasteiger charge is -2.29. The van der Waals surface area contributed by atoms with E-state index in [2.05, 4.69) is 0 Å². The van der Waals surface area contributed by atoms with E-state index < -0.39 is 72.0 Å². The third kappa shape index (κ3) is 18.7. The second-order valence-electron chi connectivity index (χ2n) is 24.5. The summed E-state index contributed by atoms with van der Waals surface area (Å²) in [5.74, 6) is 1.09. The first-order chi connectivity index (χ1) is 34.7. The minimum absolute atomic E-state index is 0.0270. The Hall–Kier alpha value is -4.76. The van der Waals surface area contributed by atoms with Gasteiger partial charge in [0.05, 0.1) is 26.4 Å². The zero-order chi connectivity index (χ0) is 57.0. The first kappa shape index (κ1) is 62.1. The van der Waals surface area contributed by atoms with Gasteiger partial charge in [-0.2, -0.15) is 52.7 Å². The number of hydrogen-bond acceptors (Lipinski definition) is 4. The maximum atomic E-state index is 13.7. The van der Waals surface area contributed by atoms with Gasteiger partial charge < -0.3 is 18.9 Å². The van der Waals surface area contributed by atoms with E-state index in [0.29, 0.717) is 44.5 Å². The molecule has 0 unspecified atom stereocenters. The van der Waals surface area contributed by atoms with Crippen LogP contribution in [0.3, 0.4) is 0 Å². The lowest BCUT2D eigenvalue weighted by atomic mass is 9.79. The predicted octanol–water partition coefficient (Wildman–Crippen LogP) is 18.4.